The summed E-state index contributed by atoms with van der Waals surface area (Å²) in [6.07, 6.45) is 6.63. The van der Waals surface area contributed by atoms with E-state index in [2.05, 4.69) is 17.4 Å². The van der Waals surface area contributed by atoms with Crippen LogP contribution in [-0.4, -0.2) is 64.5 Å². The van der Waals surface area contributed by atoms with Gasteiger partial charge in [-0.15, -0.1) is 0 Å². The monoisotopic (exact) mass is 486 g/mol. The molecule has 0 spiro atoms. The standard InChI is InChI=1S/C23H27N3O6.CO2/c27-15-20(22(29)30)24-21(28)18-9-6-11-25(14-18)16-32-23(31)26-12-5-4-10-19(26)13-17-7-2-1-3-8-17;2-1-3/h1-3,6-9,11,14,19-20,27H,4-5,10,12-13,15-16H2,(H-,24,28,29,30);/p+1/t19?,20-;/m0./s1. The molecule has 2 aromatic rings. The molecule has 2 atom stereocenters. The fourth-order valence-corrected chi connectivity index (χ4v) is 3.72. The number of aliphatic carboxylic acids is 1. The van der Waals surface area contributed by atoms with Gasteiger partial charge in [0.25, 0.3) is 12.6 Å². The summed E-state index contributed by atoms with van der Waals surface area (Å²) in [5.41, 5.74) is 1.36. The third-order valence-corrected chi connectivity index (χ3v) is 5.42. The number of carbonyl (C=O) groups excluding carboxylic acids is 4. The second-order valence-electron chi connectivity index (χ2n) is 7.81. The molecule has 1 aliphatic rings. The molecule has 1 fully saturated rings. The number of aliphatic hydroxyl groups is 1. The third-order valence-electron chi connectivity index (χ3n) is 5.42. The van der Waals surface area contributed by atoms with E-state index in [1.807, 2.05) is 18.2 Å². The Labute approximate surface area is 201 Å². The number of carboxylic acids is 1. The zero-order valence-corrected chi connectivity index (χ0v) is 19.0. The predicted molar refractivity (Wildman–Crippen MR) is 119 cm³/mol. The van der Waals surface area contributed by atoms with Gasteiger partial charge >= 0.3 is 18.2 Å². The molecular weight excluding hydrogens is 458 g/mol. The second kappa shape index (κ2) is 14.2. The van der Waals surface area contributed by atoms with Crippen LogP contribution >= 0.6 is 0 Å². The molecule has 3 rings (SSSR count). The highest BCUT2D eigenvalue weighted by atomic mass is 16.6. The van der Waals surface area contributed by atoms with Gasteiger partial charge in [-0.1, -0.05) is 30.3 Å². The van der Waals surface area contributed by atoms with Gasteiger partial charge in [0.15, 0.2) is 18.4 Å². The number of piperidine rings is 1. The van der Waals surface area contributed by atoms with Gasteiger partial charge in [-0.25, -0.2) is 9.59 Å². The average Bonchev–Trinajstić information content (AvgIpc) is 2.87. The molecular formula is C24H28N3O8+. The Balaban J connectivity index is 0.00000137. The van der Waals surface area contributed by atoms with E-state index in [1.54, 1.807) is 17.2 Å². The van der Waals surface area contributed by atoms with Crippen LogP contribution in [-0.2, 0) is 32.3 Å². The van der Waals surface area contributed by atoms with Crippen LogP contribution in [0.1, 0.15) is 35.2 Å². The van der Waals surface area contributed by atoms with E-state index >= 15 is 0 Å². The fraction of sp³-hybridized carbons (Fsp3) is 0.375. The fourth-order valence-electron chi connectivity index (χ4n) is 3.72. The maximum Gasteiger partial charge on any atom is 0.414 e. The molecule has 0 saturated carbocycles. The Morgan fingerprint density at radius 3 is 2.51 bits per heavy atom. The van der Waals surface area contributed by atoms with Crippen molar-refractivity contribution in [2.24, 2.45) is 0 Å². The first kappa shape index (κ1) is 27.2. The molecule has 2 heterocycles. The van der Waals surface area contributed by atoms with Gasteiger partial charge in [0, 0.05) is 18.7 Å². The molecule has 0 aliphatic carbocycles. The van der Waals surface area contributed by atoms with Crippen molar-refractivity contribution >= 4 is 24.1 Å². The number of aliphatic hydroxyl groups excluding tert-OH is 1. The van der Waals surface area contributed by atoms with Crippen LogP contribution in [0.5, 0.6) is 0 Å². The predicted octanol–water partition coefficient (Wildman–Crippen LogP) is 0.757. The van der Waals surface area contributed by atoms with Crippen molar-refractivity contribution in [3.63, 3.8) is 0 Å². The summed E-state index contributed by atoms with van der Waals surface area (Å²) in [5.74, 6) is -1.98. The minimum atomic E-state index is -1.39. The first-order valence-electron chi connectivity index (χ1n) is 11.0. The highest BCUT2D eigenvalue weighted by molar-refractivity contribution is 5.96. The van der Waals surface area contributed by atoms with Gasteiger partial charge in [0.05, 0.1) is 6.61 Å². The number of hydrogen-bond acceptors (Lipinski definition) is 7. The van der Waals surface area contributed by atoms with Gasteiger partial charge in [-0.2, -0.15) is 14.2 Å². The van der Waals surface area contributed by atoms with E-state index in [0.29, 0.717) is 6.54 Å². The third kappa shape index (κ3) is 8.65. The number of nitrogens with zero attached hydrogens (tertiary/aromatic N) is 2. The number of hydrogen-bond donors (Lipinski definition) is 3. The zero-order valence-electron chi connectivity index (χ0n) is 19.0. The van der Waals surface area contributed by atoms with E-state index in [9.17, 15) is 14.4 Å². The highest BCUT2D eigenvalue weighted by Gasteiger charge is 2.28. The quantitative estimate of drug-likeness (QED) is 0.462. The molecule has 11 nitrogen and oxygen atoms in total. The van der Waals surface area contributed by atoms with E-state index in [0.717, 1.165) is 25.7 Å². The Morgan fingerprint density at radius 1 is 1.14 bits per heavy atom. The number of pyridine rings is 1. The number of aromatic nitrogens is 1. The minimum absolute atomic E-state index is 0.0761. The van der Waals surface area contributed by atoms with Gasteiger partial charge in [-0.3, -0.25) is 4.79 Å². The summed E-state index contributed by atoms with van der Waals surface area (Å²) >= 11 is 0. The molecule has 2 amide bonds. The minimum Gasteiger partial charge on any atom is -0.480 e. The number of amides is 2. The van der Waals surface area contributed by atoms with Crippen molar-refractivity contribution in [3.8, 4) is 0 Å². The molecule has 0 bridgehead atoms. The largest absolute Gasteiger partial charge is 0.480 e. The number of carboxylic acid groups (broad SMARTS) is 1. The molecule has 1 aromatic carbocycles. The van der Waals surface area contributed by atoms with Crippen LogP contribution in [0.2, 0.25) is 0 Å². The molecule has 1 aromatic heterocycles. The molecule has 35 heavy (non-hydrogen) atoms. The smallest absolute Gasteiger partial charge is 0.414 e. The molecule has 0 radical (unpaired) electrons. The lowest BCUT2D eigenvalue weighted by Gasteiger charge is -2.34. The lowest BCUT2D eigenvalue weighted by molar-refractivity contribution is -0.727. The van der Waals surface area contributed by atoms with E-state index in [-0.39, 0.29) is 24.5 Å². The number of carbonyl (C=O) groups is 3. The lowest BCUT2D eigenvalue weighted by Crippen LogP contribution is -2.47. The van der Waals surface area contributed by atoms with Gasteiger partial charge in [0.1, 0.15) is 5.56 Å². The molecule has 11 heteroatoms. The van der Waals surface area contributed by atoms with Crippen molar-refractivity contribution < 1.29 is 43.5 Å². The zero-order chi connectivity index (χ0) is 25.6. The summed E-state index contributed by atoms with van der Waals surface area (Å²) in [6, 6.07) is 11.8. The second-order valence-corrected chi connectivity index (χ2v) is 7.81. The highest BCUT2D eigenvalue weighted by Crippen LogP contribution is 2.21. The van der Waals surface area contributed by atoms with Crippen molar-refractivity contribution in [2.45, 2.75) is 44.5 Å². The molecule has 1 unspecified atom stereocenters. The van der Waals surface area contributed by atoms with E-state index < -0.39 is 30.6 Å². The van der Waals surface area contributed by atoms with Crippen LogP contribution in [0.3, 0.4) is 0 Å². The molecule has 1 saturated heterocycles. The molecule has 186 valence electrons. The summed E-state index contributed by atoms with van der Waals surface area (Å²) in [5, 5.41) is 20.3. The Hall–Kier alpha value is -4.08. The topological polar surface area (TPSA) is 154 Å². The van der Waals surface area contributed by atoms with Gasteiger partial charge < -0.3 is 25.2 Å². The molecule has 3 N–H and O–H groups in total. The van der Waals surface area contributed by atoms with Crippen molar-refractivity contribution in [1.82, 2.24) is 10.2 Å². The number of rotatable bonds is 8. The maximum absolute atomic E-state index is 12.8. The Kier molecular flexibility index (Phi) is 11.1. The van der Waals surface area contributed by atoms with Crippen LogP contribution in [0.4, 0.5) is 4.79 Å². The van der Waals surface area contributed by atoms with Crippen LogP contribution in [0.15, 0.2) is 54.9 Å². The summed E-state index contributed by atoms with van der Waals surface area (Å²) in [4.78, 5) is 54.0. The molecule has 1 aliphatic heterocycles. The first-order chi connectivity index (χ1) is 16.9. The van der Waals surface area contributed by atoms with Crippen LogP contribution in [0.25, 0.3) is 0 Å². The Morgan fingerprint density at radius 2 is 1.86 bits per heavy atom. The number of benzene rings is 1. The van der Waals surface area contributed by atoms with E-state index in [1.165, 1.54) is 22.4 Å². The SMILES string of the molecule is O=C(N[C@@H](CO)C(=O)O)c1ccc[n+](COC(=O)N2CCCCC2Cc2ccccc2)c1.O=C=O. The van der Waals surface area contributed by atoms with E-state index in [4.69, 9.17) is 24.5 Å². The number of nitrogens with one attached hydrogen (secondary N) is 1. The summed E-state index contributed by atoms with van der Waals surface area (Å²) < 4.78 is 7.02. The van der Waals surface area contributed by atoms with Crippen molar-refractivity contribution in [2.75, 3.05) is 13.2 Å². The maximum atomic E-state index is 12.8. The number of ether oxygens (including phenoxy) is 1. The summed E-state index contributed by atoms with van der Waals surface area (Å²) in [6.45, 7) is -0.163. The average molecular weight is 487 g/mol. The summed E-state index contributed by atoms with van der Waals surface area (Å²) in [7, 11) is 0. The van der Waals surface area contributed by atoms with Crippen molar-refractivity contribution in [3.05, 3.63) is 66.0 Å². The normalized spacial score (nSPS) is 15.6. The van der Waals surface area contributed by atoms with Gasteiger partial charge in [-0.05, 0) is 37.3 Å². The lowest BCUT2D eigenvalue weighted by atomic mass is 9.96. The van der Waals surface area contributed by atoms with Gasteiger partial charge in [0.2, 0.25) is 0 Å². The Bertz CT molecular complexity index is 1020. The van der Waals surface area contributed by atoms with Crippen LogP contribution in [0, 0.1) is 0 Å². The van der Waals surface area contributed by atoms with Crippen molar-refractivity contribution in [1.29, 1.82) is 0 Å². The number of likely N-dealkylation sites (tertiary alicyclic amines) is 1. The first-order valence-corrected chi connectivity index (χ1v) is 11.0. The van der Waals surface area contributed by atoms with Crippen LogP contribution < -0.4 is 9.88 Å².